The van der Waals surface area contributed by atoms with Crippen LogP contribution >= 0.6 is 0 Å². The van der Waals surface area contributed by atoms with Gasteiger partial charge in [0.1, 0.15) is 5.69 Å². The normalized spacial score (nSPS) is 15.4. The highest BCUT2D eigenvalue weighted by Gasteiger charge is 2.14. The van der Waals surface area contributed by atoms with Gasteiger partial charge in [-0.1, -0.05) is 23.4 Å². The zero-order chi connectivity index (χ0) is 20.5. The van der Waals surface area contributed by atoms with E-state index in [1.807, 2.05) is 42.5 Å². The van der Waals surface area contributed by atoms with E-state index in [0.717, 1.165) is 42.8 Å². The van der Waals surface area contributed by atoms with Crippen molar-refractivity contribution in [2.24, 2.45) is 0 Å². The summed E-state index contributed by atoms with van der Waals surface area (Å²) < 4.78 is 1.71. The highest BCUT2D eigenvalue weighted by atomic mass is 16.1. The van der Waals surface area contributed by atoms with Gasteiger partial charge in [0.05, 0.1) is 17.4 Å². The van der Waals surface area contributed by atoms with Crippen LogP contribution in [0.2, 0.25) is 0 Å². The van der Waals surface area contributed by atoms with Gasteiger partial charge in [-0.2, -0.15) is 0 Å². The highest BCUT2D eigenvalue weighted by molar-refractivity contribution is 5.82. The SMILES string of the molecule is CN1CCCN(c2ccc(-n3cc(-c4cc5ccccc5[nH]c4=O)nn3)cc2)CC1. The average molecular weight is 400 g/mol. The second-order valence-corrected chi connectivity index (χ2v) is 7.81. The summed E-state index contributed by atoms with van der Waals surface area (Å²) in [6.07, 6.45) is 2.97. The third-order valence-electron chi connectivity index (χ3n) is 5.72. The van der Waals surface area contributed by atoms with E-state index in [1.165, 1.54) is 12.1 Å². The first-order valence-corrected chi connectivity index (χ1v) is 10.3. The number of hydrogen-bond donors (Lipinski definition) is 1. The van der Waals surface area contributed by atoms with Crippen molar-refractivity contribution in [1.29, 1.82) is 0 Å². The molecule has 1 saturated heterocycles. The smallest absolute Gasteiger partial charge is 0.258 e. The van der Waals surface area contributed by atoms with E-state index >= 15 is 0 Å². The Morgan fingerprint density at radius 3 is 2.60 bits per heavy atom. The number of fused-ring (bicyclic) bond motifs is 1. The Kier molecular flexibility index (Phi) is 4.80. The van der Waals surface area contributed by atoms with Gasteiger partial charge in [0.15, 0.2) is 0 Å². The first-order valence-electron chi connectivity index (χ1n) is 10.3. The molecule has 1 aliphatic rings. The molecule has 2 aromatic heterocycles. The summed E-state index contributed by atoms with van der Waals surface area (Å²) >= 11 is 0. The molecule has 5 rings (SSSR count). The molecule has 0 bridgehead atoms. The minimum Gasteiger partial charge on any atom is -0.370 e. The fourth-order valence-electron chi connectivity index (χ4n) is 3.97. The molecular formula is C23H24N6O. The van der Waals surface area contributed by atoms with Gasteiger partial charge in [0.25, 0.3) is 5.56 Å². The van der Waals surface area contributed by atoms with Gasteiger partial charge in [0, 0.05) is 30.8 Å². The molecule has 0 aliphatic carbocycles. The van der Waals surface area contributed by atoms with Crippen molar-refractivity contribution >= 4 is 16.6 Å². The average Bonchev–Trinajstić information content (AvgIpc) is 3.15. The Balaban J connectivity index is 1.40. The van der Waals surface area contributed by atoms with E-state index in [1.54, 1.807) is 10.9 Å². The number of hydrogen-bond acceptors (Lipinski definition) is 5. The van der Waals surface area contributed by atoms with Gasteiger partial charge < -0.3 is 14.8 Å². The molecule has 4 aromatic rings. The van der Waals surface area contributed by atoms with Gasteiger partial charge in [-0.25, -0.2) is 4.68 Å². The third kappa shape index (κ3) is 3.59. The number of nitrogens with zero attached hydrogens (tertiary/aromatic N) is 5. The maximum absolute atomic E-state index is 12.5. The Hall–Kier alpha value is -3.45. The second-order valence-electron chi connectivity index (χ2n) is 7.81. The summed E-state index contributed by atoms with van der Waals surface area (Å²) in [7, 11) is 2.18. The van der Waals surface area contributed by atoms with Crippen molar-refractivity contribution < 1.29 is 0 Å². The van der Waals surface area contributed by atoms with Crippen LogP contribution in [0.5, 0.6) is 0 Å². The molecule has 0 saturated carbocycles. The Morgan fingerprint density at radius 2 is 1.73 bits per heavy atom. The highest BCUT2D eigenvalue weighted by Crippen LogP contribution is 2.21. The number of pyridine rings is 1. The van der Waals surface area contributed by atoms with E-state index in [-0.39, 0.29) is 5.56 Å². The lowest BCUT2D eigenvalue weighted by Crippen LogP contribution is -2.28. The van der Waals surface area contributed by atoms with Crippen LogP contribution in [0.3, 0.4) is 0 Å². The standard InChI is InChI=1S/C23H24N6O/c1-27-11-4-12-28(14-13-27)18-7-9-19(10-8-18)29-16-22(25-26-29)20-15-17-5-2-3-6-21(17)24-23(20)30/h2-3,5-10,15-16H,4,11-14H2,1H3,(H,24,30). The van der Waals surface area contributed by atoms with Crippen molar-refractivity contribution in [2.45, 2.75) is 6.42 Å². The molecule has 7 heteroatoms. The summed E-state index contributed by atoms with van der Waals surface area (Å²) in [6, 6.07) is 17.9. The maximum atomic E-state index is 12.5. The van der Waals surface area contributed by atoms with Crippen LogP contribution < -0.4 is 10.5 Å². The van der Waals surface area contributed by atoms with Crippen LogP contribution in [0.15, 0.2) is 65.6 Å². The van der Waals surface area contributed by atoms with Crippen LogP contribution in [-0.4, -0.2) is 58.1 Å². The molecule has 7 nitrogen and oxygen atoms in total. The number of para-hydroxylation sites is 1. The molecule has 0 radical (unpaired) electrons. The lowest BCUT2D eigenvalue weighted by molar-refractivity contribution is 0.360. The summed E-state index contributed by atoms with van der Waals surface area (Å²) in [5.74, 6) is 0. The maximum Gasteiger partial charge on any atom is 0.258 e. The predicted octanol–water partition coefficient (Wildman–Crippen LogP) is 2.92. The first kappa shape index (κ1) is 18.6. The molecule has 0 unspecified atom stereocenters. The molecule has 0 atom stereocenters. The van der Waals surface area contributed by atoms with Gasteiger partial charge in [-0.05, 0) is 61.8 Å². The number of H-pyrrole nitrogens is 1. The zero-order valence-corrected chi connectivity index (χ0v) is 17.0. The van der Waals surface area contributed by atoms with Gasteiger partial charge in [-0.3, -0.25) is 4.79 Å². The number of nitrogens with one attached hydrogen (secondary N) is 1. The number of anilines is 1. The van der Waals surface area contributed by atoms with E-state index in [4.69, 9.17) is 0 Å². The van der Waals surface area contributed by atoms with Crippen molar-refractivity contribution in [3.8, 4) is 16.9 Å². The Labute approximate surface area is 174 Å². The van der Waals surface area contributed by atoms with Crippen LogP contribution in [0.25, 0.3) is 27.8 Å². The van der Waals surface area contributed by atoms with Crippen molar-refractivity contribution in [3.05, 3.63) is 71.1 Å². The van der Waals surface area contributed by atoms with Crippen molar-refractivity contribution in [3.63, 3.8) is 0 Å². The minimum absolute atomic E-state index is 0.165. The number of aromatic amines is 1. The summed E-state index contributed by atoms with van der Waals surface area (Å²) in [6.45, 7) is 4.33. The monoisotopic (exact) mass is 400 g/mol. The quantitative estimate of drug-likeness (QED) is 0.573. The van der Waals surface area contributed by atoms with E-state index in [2.05, 4.69) is 44.3 Å². The lowest BCUT2D eigenvalue weighted by Gasteiger charge is -2.23. The van der Waals surface area contributed by atoms with Gasteiger partial charge >= 0.3 is 0 Å². The van der Waals surface area contributed by atoms with E-state index in [9.17, 15) is 4.79 Å². The van der Waals surface area contributed by atoms with Crippen LogP contribution in [0.1, 0.15) is 6.42 Å². The summed E-state index contributed by atoms with van der Waals surface area (Å²) in [4.78, 5) is 20.2. The molecule has 3 heterocycles. The van der Waals surface area contributed by atoms with Crippen LogP contribution in [-0.2, 0) is 0 Å². The van der Waals surface area contributed by atoms with Gasteiger partial charge in [0.2, 0.25) is 0 Å². The summed E-state index contributed by atoms with van der Waals surface area (Å²) in [5.41, 5.74) is 3.87. The third-order valence-corrected chi connectivity index (χ3v) is 5.72. The van der Waals surface area contributed by atoms with Crippen molar-refractivity contribution in [2.75, 3.05) is 38.1 Å². The second kappa shape index (κ2) is 7.76. The molecule has 152 valence electrons. The zero-order valence-electron chi connectivity index (χ0n) is 17.0. The molecule has 0 spiro atoms. The predicted molar refractivity (Wildman–Crippen MR) is 119 cm³/mol. The molecule has 1 fully saturated rings. The largest absolute Gasteiger partial charge is 0.370 e. The van der Waals surface area contributed by atoms with Gasteiger partial charge in [-0.15, -0.1) is 5.10 Å². The fourth-order valence-corrected chi connectivity index (χ4v) is 3.97. The lowest BCUT2D eigenvalue weighted by atomic mass is 10.1. The minimum atomic E-state index is -0.165. The number of likely N-dealkylation sites (N-methyl/N-ethyl adjacent to an activating group) is 1. The number of aromatic nitrogens is 4. The number of rotatable bonds is 3. The van der Waals surface area contributed by atoms with E-state index < -0.39 is 0 Å². The summed E-state index contributed by atoms with van der Waals surface area (Å²) in [5, 5.41) is 9.45. The molecular weight excluding hydrogens is 376 g/mol. The molecule has 30 heavy (non-hydrogen) atoms. The molecule has 1 N–H and O–H groups in total. The molecule has 1 aliphatic heterocycles. The van der Waals surface area contributed by atoms with E-state index in [0.29, 0.717) is 11.3 Å². The first-order chi connectivity index (χ1) is 14.7. The van der Waals surface area contributed by atoms with Crippen molar-refractivity contribution in [1.82, 2.24) is 24.9 Å². The topological polar surface area (TPSA) is 70.0 Å². The fraction of sp³-hybridized carbons (Fsp3) is 0.261. The number of benzene rings is 2. The molecule has 0 amide bonds. The molecule has 2 aromatic carbocycles. The van der Waals surface area contributed by atoms with Crippen LogP contribution in [0, 0.1) is 0 Å². The Morgan fingerprint density at radius 1 is 0.933 bits per heavy atom. The van der Waals surface area contributed by atoms with Crippen LogP contribution in [0.4, 0.5) is 5.69 Å². The Bertz CT molecular complexity index is 1230.